The molecule has 2 N–H and O–H groups in total. The van der Waals surface area contributed by atoms with E-state index < -0.39 is 0 Å². The summed E-state index contributed by atoms with van der Waals surface area (Å²) in [6, 6.07) is 5.62. The highest BCUT2D eigenvalue weighted by Crippen LogP contribution is 2.38. The van der Waals surface area contributed by atoms with Crippen LogP contribution in [0.15, 0.2) is 18.2 Å². The predicted molar refractivity (Wildman–Crippen MR) is 57.5 cm³/mol. The van der Waals surface area contributed by atoms with Crippen LogP contribution in [0.25, 0.3) is 0 Å². The van der Waals surface area contributed by atoms with Crippen molar-refractivity contribution in [2.75, 3.05) is 5.73 Å². The molecule has 0 bridgehead atoms. The van der Waals surface area contributed by atoms with Crippen molar-refractivity contribution in [3.8, 4) is 0 Å². The lowest BCUT2D eigenvalue weighted by Crippen LogP contribution is -2.13. The van der Waals surface area contributed by atoms with Crippen LogP contribution >= 0.6 is 0 Å². The minimum Gasteiger partial charge on any atom is -0.399 e. The number of hydrogen-bond acceptors (Lipinski definition) is 2. The Kier molecular flexibility index (Phi) is 2.28. The molecule has 0 atom stereocenters. The number of anilines is 1. The number of Topliss-reactive ketones (excluding diaryl/α,β-unsaturated/α-hetero) is 1. The second-order valence-electron chi connectivity index (χ2n) is 4.03. The molecule has 0 spiro atoms. The standard InChI is InChI=1S/C12H15NO/c1-8(14)11-6-5-10(13)7-12(11)9-3-2-4-9/h5-7,9H,2-4,13H2,1H3. The van der Waals surface area contributed by atoms with E-state index in [0.29, 0.717) is 5.92 Å². The zero-order valence-electron chi connectivity index (χ0n) is 8.42. The van der Waals surface area contributed by atoms with Crippen LogP contribution < -0.4 is 5.73 Å². The Bertz CT molecular complexity index is 367. The third-order valence-corrected chi connectivity index (χ3v) is 3.00. The van der Waals surface area contributed by atoms with Crippen molar-refractivity contribution in [2.45, 2.75) is 32.1 Å². The number of ketones is 1. The highest BCUT2D eigenvalue weighted by atomic mass is 16.1. The first-order valence-corrected chi connectivity index (χ1v) is 5.09. The number of carbonyl (C=O) groups is 1. The lowest BCUT2D eigenvalue weighted by atomic mass is 9.77. The van der Waals surface area contributed by atoms with Crippen molar-refractivity contribution in [3.05, 3.63) is 29.3 Å². The Labute approximate surface area is 84.1 Å². The maximum atomic E-state index is 11.4. The number of nitrogens with two attached hydrogens (primary N) is 1. The fourth-order valence-corrected chi connectivity index (χ4v) is 1.96. The smallest absolute Gasteiger partial charge is 0.160 e. The van der Waals surface area contributed by atoms with Crippen LogP contribution in [-0.2, 0) is 0 Å². The van der Waals surface area contributed by atoms with E-state index in [1.165, 1.54) is 19.3 Å². The van der Waals surface area contributed by atoms with Gasteiger partial charge >= 0.3 is 0 Å². The lowest BCUT2D eigenvalue weighted by molar-refractivity contribution is 0.101. The molecule has 2 heteroatoms. The summed E-state index contributed by atoms with van der Waals surface area (Å²) in [5, 5.41) is 0. The summed E-state index contributed by atoms with van der Waals surface area (Å²) in [6.07, 6.45) is 3.67. The van der Waals surface area contributed by atoms with Crippen molar-refractivity contribution in [2.24, 2.45) is 0 Å². The van der Waals surface area contributed by atoms with E-state index in [0.717, 1.165) is 16.8 Å². The molecule has 74 valence electrons. The fraction of sp³-hybridized carbons (Fsp3) is 0.417. The second kappa shape index (κ2) is 3.45. The monoisotopic (exact) mass is 189 g/mol. The molecule has 1 fully saturated rings. The molecule has 0 aliphatic heterocycles. The van der Waals surface area contributed by atoms with Crippen molar-refractivity contribution < 1.29 is 4.79 Å². The minimum absolute atomic E-state index is 0.145. The van der Waals surface area contributed by atoms with E-state index in [4.69, 9.17) is 5.73 Å². The van der Waals surface area contributed by atoms with E-state index in [1.54, 1.807) is 13.0 Å². The summed E-state index contributed by atoms with van der Waals surface area (Å²) in [4.78, 5) is 11.4. The number of rotatable bonds is 2. The van der Waals surface area contributed by atoms with Gasteiger partial charge in [0.05, 0.1) is 0 Å². The maximum absolute atomic E-state index is 11.4. The average molecular weight is 189 g/mol. The molecule has 1 aromatic carbocycles. The number of benzene rings is 1. The molecule has 1 aromatic rings. The molecule has 0 unspecified atom stereocenters. The Morgan fingerprint density at radius 1 is 1.43 bits per heavy atom. The van der Waals surface area contributed by atoms with Crippen molar-refractivity contribution >= 4 is 11.5 Å². The van der Waals surface area contributed by atoms with Crippen LogP contribution in [0, 0.1) is 0 Å². The van der Waals surface area contributed by atoms with E-state index in [9.17, 15) is 4.79 Å². The van der Waals surface area contributed by atoms with Gasteiger partial charge in [0.15, 0.2) is 5.78 Å². The van der Waals surface area contributed by atoms with Crippen LogP contribution in [0.1, 0.15) is 48.0 Å². The van der Waals surface area contributed by atoms with E-state index in [1.807, 2.05) is 12.1 Å². The van der Waals surface area contributed by atoms with Crippen LogP contribution in [-0.4, -0.2) is 5.78 Å². The molecule has 1 aliphatic rings. The summed E-state index contributed by atoms with van der Waals surface area (Å²) in [6.45, 7) is 1.62. The highest BCUT2D eigenvalue weighted by Gasteiger charge is 2.23. The molecule has 0 radical (unpaired) electrons. The van der Waals surface area contributed by atoms with E-state index >= 15 is 0 Å². The van der Waals surface area contributed by atoms with Gasteiger partial charge in [-0.15, -0.1) is 0 Å². The summed E-state index contributed by atoms with van der Waals surface area (Å²) < 4.78 is 0. The fourth-order valence-electron chi connectivity index (χ4n) is 1.96. The zero-order chi connectivity index (χ0) is 10.1. The molecule has 0 heterocycles. The van der Waals surface area contributed by atoms with Crippen molar-refractivity contribution in [3.63, 3.8) is 0 Å². The van der Waals surface area contributed by atoms with Gasteiger partial charge in [0.2, 0.25) is 0 Å². The van der Waals surface area contributed by atoms with Gasteiger partial charge < -0.3 is 5.73 Å². The quantitative estimate of drug-likeness (QED) is 0.574. The highest BCUT2D eigenvalue weighted by molar-refractivity contribution is 5.96. The molecule has 0 aromatic heterocycles. The molecule has 1 aliphatic carbocycles. The topological polar surface area (TPSA) is 43.1 Å². The van der Waals surface area contributed by atoms with Gasteiger partial charge in [0.1, 0.15) is 0 Å². The second-order valence-corrected chi connectivity index (χ2v) is 4.03. The normalized spacial score (nSPS) is 16.4. The van der Waals surface area contributed by atoms with Crippen LogP contribution in [0.4, 0.5) is 5.69 Å². The van der Waals surface area contributed by atoms with Gasteiger partial charge in [0, 0.05) is 11.3 Å². The summed E-state index contributed by atoms with van der Waals surface area (Å²) in [7, 11) is 0. The molecule has 0 amide bonds. The van der Waals surface area contributed by atoms with E-state index in [-0.39, 0.29) is 5.78 Å². The van der Waals surface area contributed by atoms with Gasteiger partial charge in [0.25, 0.3) is 0 Å². The molecule has 14 heavy (non-hydrogen) atoms. The summed E-state index contributed by atoms with van der Waals surface area (Å²) in [5.41, 5.74) is 8.50. The Morgan fingerprint density at radius 3 is 2.64 bits per heavy atom. The average Bonchev–Trinajstić information content (AvgIpc) is 2.00. The lowest BCUT2D eigenvalue weighted by Gasteiger charge is -2.27. The number of carbonyl (C=O) groups excluding carboxylic acids is 1. The third-order valence-electron chi connectivity index (χ3n) is 3.00. The largest absolute Gasteiger partial charge is 0.399 e. The molecule has 2 nitrogen and oxygen atoms in total. The van der Waals surface area contributed by atoms with Crippen LogP contribution in [0.2, 0.25) is 0 Å². The molecular formula is C12H15NO. The number of hydrogen-bond donors (Lipinski definition) is 1. The van der Waals surface area contributed by atoms with Crippen molar-refractivity contribution in [1.82, 2.24) is 0 Å². The third kappa shape index (κ3) is 1.52. The van der Waals surface area contributed by atoms with Crippen LogP contribution in [0.5, 0.6) is 0 Å². The predicted octanol–water partition coefficient (Wildman–Crippen LogP) is 2.74. The Hall–Kier alpha value is -1.31. The molecular weight excluding hydrogens is 174 g/mol. The summed E-state index contributed by atoms with van der Waals surface area (Å²) >= 11 is 0. The first-order chi connectivity index (χ1) is 6.68. The van der Waals surface area contributed by atoms with E-state index in [2.05, 4.69) is 0 Å². The maximum Gasteiger partial charge on any atom is 0.160 e. The zero-order valence-corrected chi connectivity index (χ0v) is 8.42. The van der Waals surface area contributed by atoms with Crippen molar-refractivity contribution in [1.29, 1.82) is 0 Å². The van der Waals surface area contributed by atoms with Gasteiger partial charge in [-0.3, -0.25) is 4.79 Å². The van der Waals surface area contributed by atoms with Gasteiger partial charge in [-0.2, -0.15) is 0 Å². The SMILES string of the molecule is CC(=O)c1ccc(N)cc1C1CCC1. The Balaban J connectivity index is 2.42. The first-order valence-electron chi connectivity index (χ1n) is 5.09. The minimum atomic E-state index is 0.145. The van der Waals surface area contributed by atoms with Crippen LogP contribution in [0.3, 0.4) is 0 Å². The number of nitrogen functional groups attached to an aromatic ring is 1. The summed E-state index contributed by atoms with van der Waals surface area (Å²) in [5.74, 6) is 0.712. The van der Waals surface area contributed by atoms with Gasteiger partial charge in [-0.05, 0) is 49.4 Å². The molecule has 0 saturated heterocycles. The first kappa shape index (κ1) is 9.25. The van der Waals surface area contributed by atoms with Gasteiger partial charge in [-0.1, -0.05) is 6.42 Å². The molecule has 2 rings (SSSR count). The Morgan fingerprint density at radius 2 is 2.14 bits per heavy atom. The van der Waals surface area contributed by atoms with Gasteiger partial charge in [-0.25, -0.2) is 0 Å². The molecule has 1 saturated carbocycles.